The summed E-state index contributed by atoms with van der Waals surface area (Å²) in [6, 6.07) is 38.5. The van der Waals surface area contributed by atoms with Gasteiger partial charge in [0.1, 0.15) is 23.2 Å². The second kappa shape index (κ2) is 7.48. The lowest BCUT2D eigenvalue weighted by atomic mass is 9.94. The SMILES string of the molecule is CC[P+]1(c2ccccc2)c2ccc3ccccc3c2-c2c1ccc1ccccc21.[I-]. The normalized spacial score (nSPS) is 13.6. The summed E-state index contributed by atoms with van der Waals surface area (Å²) < 4.78 is 0. The lowest BCUT2D eigenvalue weighted by Crippen LogP contribution is -3.00. The van der Waals surface area contributed by atoms with Crippen molar-refractivity contribution in [1.29, 1.82) is 0 Å². The quantitative estimate of drug-likeness (QED) is 0.250. The van der Waals surface area contributed by atoms with Crippen LogP contribution in [-0.2, 0) is 0 Å². The van der Waals surface area contributed by atoms with Crippen molar-refractivity contribution in [2.75, 3.05) is 6.16 Å². The Morgan fingerprint density at radius 2 is 1.00 bits per heavy atom. The third-order valence-corrected chi connectivity index (χ3v) is 11.1. The van der Waals surface area contributed by atoms with Gasteiger partial charge in [-0.05, 0) is 52.7 Å². The minimum Gasteiger partial charge on any atom is -1.00 e. The smallest absolute Gasteiger partial charge is 0.113 e. The van der Waals surface area contributed by atoms with Crippen molar-refractivity contribution in [2.45, 2.75) is 6.92 Å². The first-order valence-electron chi connectivity index (χ1n) is 10.3. The maximum absolute atomic E-state index is 2.43. The molecule has 5 aromatic rings. The molecule has 0 fully saturated rings. The van der Waals surface area contributed by atoms with E-state index in [-0.39, 0.29) is 24.0 Å². The van der Waals surface area contributed by atoms with Gasteiger partial charge >= 0.3 is 0 Å². The van der Waals surface area contributed by atoms with E-state index in [2.05, 4.69) is 110 Å². The molecule has 146 valence electrons. The van der Waals surface area contributed by atoms with Crippen molar-refractivity contribution >= 4 is 44.7 Å². The van der Waals surface area contributed by atoms with E-state index in [1.54, 1.807) is 10.6 Å². The van der Waals surface area contributed by atoms with Crippen LogP contribution in [0.4, 0.5) is 0 Å². The van der Waals surface area contributed by atoms with Crippen LogP contribution in [0.3, 0.4) is 0 Å². The highest BCUT2D eigenvalue weighted by Gasteiger charge is 2.52. The van der Waals surface area contributed by atoms with Gasteiger partial charge in [0.05, 0.1) is 6.16 Å². The predicted octanol–water partition coefficient (Wildman–Crippen LogP) is 3.29. The maximum atomic E-state index is 2.43. The Morgan fingerprint density at radius 1 is 0.533 bits per heavy atom. The minimum atomic E-state index is -1.67. The summed E-state index contributed by atoms with van der Waals surface area (Å²) in [6.07, 6.45) is 1.15. The van der Waals surface area contributed by atoms with E-state index in [9.17, 15) is 0 Å². The van der Waals surface area contributed by atoms with Gasteiger partial charge < -0.3 is 24.0 Å². The Hall–Kier alpha value is -2.22. The number of hydrogen-bond acceptors (Lipinski definition) is 0. The van der Waals surface area contributed by atoms with Crippen molar-refractivity contribution in [3.05, 3.63) is 103 Å². The molecule has 0 amide bonds. The Labute approximate surface area is 195 Å². The average molecular weight is 516 g/mol. The van der Waals surface area contributed by atoms with Crippen LogP contribution in [0.1, 0.15) is 6.92 Å². The molecule has 0 aromatic heterocycles. The number of benzene rings is 5. The lowest BCUT2D eigenvalue weighted by Gasteiger charge is -2.23. The molecule has 1 heterocycles. The Balaban J connectivity index is 0.00000193. The second-order valence-corrected chi connectivity index (χ2v) is 11.6. The summed E-state index contributed by atoms with van der Waals surface area (Å²) in [6.45, 7) is 2.38. The van der Waals surface area contributed by atoms with E-state index < -0.39 is 7.26 Å². The summed E-state index contributed by atoms with van der Waals surface area (Å²) in [5.74, 6) is 0. The van der Waals surface area contributed by atoms with Gasteiger partial charge in [-0.3, -0.25) is 0 Å². The van der Waals surface area contributed by atoms with Crippen LogP contribution in [0.15, 0.2) is 103 Å². The zero-order chi connectivity index (χ0) is 19.4. The van der Waals surface area contributed by atoms with E-state index in [4.69, 9.17) is 0 Å². The standard InChI is InChI=1S/C28H22P.HI/c1-2-29(22-12-4-3-5-13-22)25-18-16-20-10-6-8-14-23(20)27(25)28-24-15-9-7-11-21(24)17-19-26(28)29;/h3-19H,2H2,1H3;1H/q+1;/p-1. The zero-order valence-corrected chi connectivity index (χ0v) is 19.9. The van der Waals surface area contributed by atoms with E-state index in [1.807, 2.05) is 0 Å². The maximum Gasteiger partial charge on any atom is 0.113 e. The third kappa shape index (κ3) is 2.55. The fourth-order valence-electron chi connectivity index (χ4n) is 5.30. The lowest BCUT2D eigenvalue weighted by molar-refractivity contribution is -0.00000540. The summed E-state index contributed by atoms with van der Waals surface area (Å²) in [5.41, 5.74) is 2.93. The van der Waals surface area contributed by atoms with Gasteiger partial charge in [-0.1, -0.05) is 78.9 Å². The first kappa shape index (κ1) is 19.7. The topological polar surface area (TPSA) is 0 Å². The molecule has 0 saturated carbocycles. The Morgan fingerprint density at radius 3 is 1.50 bits per heavy atom. The minimum absolute atomic E-state index is 0. The largest absolute Gasteiger partial charge is 1.00 e. The van der Waals surface area contributed by atoms with Crippen molar-refractivity contribution in [1.82, 2.24) is 0 Å². The summed E-state index contributed by atoms with van der Waals surface area (Å²) in [5, 5.41) is 10.0. The van der Waals surface area contributed by atoms with E-state index in [0.717, 1.165) is 6.16 Å². The molecule has 30 heavy (non-hydrogen) atoms. The van der Waals surface area contributed by atoms with E-state index >= 15 is 0 Å². The van der Waals surface area contributed by atoms with Crippen LogP contribution in [0, 0.1) is 0 Å². The first-order valence-corrected chi connectivity index (χ1v) is 12.3. The van der Waals surface area contributed by atoms with Gasteiger partial charge in [0, 0.05) is 11.1 Å². The van der Waals surface area contributed by atoms with Crippen molar-refractivity contribution in [3.8, 4) is 11.1 Å². The first-order chi connectivity index (χ1) is 14.3. The van der Waals surface area contributed by atoms with Crippen LogP contribution in [0.25, 0.3) is 32.7 Å². The van der Waals surface area contributed by atoms with Gasteiger partial charge in [0.15, 0.2) is 0 Å². The number of halogens is 1. The molecule has 0 saturated heterocycles. The monoisotopic (exact) mass is 516 g/mol. The summed E-state index contributed by atoms with van der Waals surface area (Å²) >= 11 is 0. The highest BCUT2D eigenvalue weighted by atomic mass is 127. The molecule has 0 aliphatic carbocycles. The number of rotatable bonds is 2. The van der Waals surface area contributed by atoms with Crippen molar-refractivity contribution in [3.63, 3.8) is 0 Å². The second-order valence-electron chi connectivity index (χ2n) is 7.82. The van der Waals surface area contributed by atoms with E-state index in [0.29, 0.717) is 0 Å². The molecule has 1 aliphatic heterocycles. The molecule has 5 aromatic carbocycles. The van der Waals surface area contributed by atoms with Gasteiger partial charge in [0.25, 0.3) is 0 Å². The molecule has 1 aliphatic rings. The highest BCUT2D eigenvalue weighted by Crippen LogP contribution is 2.63. The summed E-state index contributed by atoms with van der Waals surface area (Å²) in [7, 11) is -1.67. The van der Waals surface area contributed by atoms with Crippen molar-refractivity contribution in [2.24, 2.45) is 0 Å². The highest BCUT2D eigenvalue weighted by molar-refractivity contribution is 7.96. The Kier molecular flexibility index (Phi) is 4.92. The molecular weight excluding hydrogens is 494 g/mol. The number of hydrogen-bond donors (Lipinski definition) is 0. The van der Waals surface area contributed by atoms with Gasteiger partial charge in [-0.2, -0.15) is 0 Å². The summed E-state index contributed by atoms with van der Waals surface area (Å²) in [4.78, 5) is 0. The van der Waals surface area contributed by atoms with Crippen LogP contribution < -0.4 is 39.9 Å². The van der Waals surface area contributed by atoms with E-state index in [1.165, 1.54) is 38.0 Å². The van der Waals surface area contributed by atoms with Crippen LogP contribution >= 0.6 is 7.26 Å². The zero-order valence-electron chi connectivity index (χ0n) is 16.8. The van der Waals surface area contributed by atoms with Gasteiger partial charge in [-0.25, -0.2) is 0 Å². The van der Waals surface area contributed by atoms with Gasteiger partial charge in [0.2, 0.25) is 0 Å². The molecule has 6 rings (SSSR count). The van der Waals surface area contributed by atoms with Crippen LogP contribution in [0.5, 0.6) is 0 Å². The Bertz CT molecular complexity index is 1300. The molecule has 0 bridgehead atoms. The molecule has 0 nitrogen and oxygen atoms in total. The molecule has 0 atom stereocenters. The third-order valence-electron chi connectivity index (χ3n) is 6.56. The fourth-order valence-corrected chi connectivity index (χ4v) is 9.72. The van der Waals surface area contributed by atoms with Crippen LogP contribution in [-0.4, -0.2) is 6.16 Å². The molecular formula is C28H22IP. The molecule has 0 N–H and O–H groups in total. The van der Waals surface area contributed by atoms with Crippen LogP contribution in [0.2, 0.25) is 0 Å². The number of fused-ring (bicyclic) bond motifs is 7. The molecule has 0 spiro atoms. The molecule has 0 radical (unpaired) electrons. The van der Waals surface area contributed by atoms with Crippen molar-refractivity contribution < 1.29 is 24.0 Å². The average Bonchev–Trinajstić information content (AvgIpc) is 3.11. The fraction of sp³-hybridized carbons (Fsp3) is 0.0714. The molecule has 0 unspecified atom stereocenters. The predicted molar refractivity (Wildman–Crippen MR) is 130 cm³/mol. The van der Waals surface area contributed by atoms with Gasteiger partial charge in [-0.15, -0.1) is 0 Å². The molecule has 2 heteroatoms.